The van der Waals surface area contributed by atoms with Crippen LogP contribution in [0.2, 0.25) is 0 Å². The summed E-state index contributed by atoms with van der Waals surface area (Å²) in [6, 6.07) is 6.07. The number of ketones is 1. The number of rotatable bonds is 0. The highest BCUT2D eigenvalue weighted by molar-refractivity contribution is 9.10. The molecule has 100 valence electrons. The predicted molar refractivity (Wildman–Crippen MR) is 76.1 cm³/mol. The minimum Gasteiger partial charge on any atom is -0.393 e. The monoisotopic (exact) mass is 320 g/mol. The normalized spacial score (nSPS) is 34.8. The van der Waals surface area contributed by atoms with E-state index in [2.05, 4.69) is 22.0 Å². The van der Waals surface area contributed by atoms with Gasteiger partial charge in [0.05, 0.1) is 6.10 Å². The average molecular weight is 321 g/mol. The topological polar surface area (TPSA) is 37.3 Å². The molecule has 0 radical (unpaired) electrons. The van der Waals surface area contributed by atoms with Gasteiger partial charge in [-0.1, -0.05) is 22.0 Å². The van der Waals surface area contributed by atoms with Gasteiger partial charge in [0.2, 0.25) is 0 Å². The van der Waals surface area contributed by atoms with Gasteiger partial charge in [-0.2, -0.15) is 0 Å². The molecular formula is C16H17BrO2. The molecule has 0 aromatic heterocycles. The van der Waals surface area contributed by atoms with E-state index in [0.717, 1.165) is 48.6 Å². The number of Topliss-reactive ketones (excluding diaryl/α,β-unsaturated/α-hetero) is 1. The molecule has 2 fully saturated rings. The van der Waals surface area contributed by atoms with E-state index in [-0.39, 0.29) is 16.9 Å². The lowest BCUT2D eigenvalue weighted by Crippen LogP contribution is -2.41. The summed E-state index contributed by atoms with van der Waals surface area (Å²) in [7, 11) is 0. The minimum absolute atomic E-state index is 0.0766. The van der Waals surface area contributed by atoms with E-state index in [1.165, 1.54) is 5.56 Å². The third-order valence-electron chi connectivity index (χ3n) is 5.51. The Labute approximate surface area is 121 Å². The van der Waals surface area contributed by atoms with Gasteiger partial charge in [-0.25, -0.2) is 0 Å². The number of halogens is 1. The first-order chi connectivity index (χ1) is 9.05. The molecule has 2 spiro atoms. The lowest BCUT2D eigenvalue weighted by atomic mass is 9.64. The first kappa shape index (κ1) is 12.1. The maximum atomic E-state index is 12.8. The van der Waals surface area contributed by atoms with Crippen molar-refractivity contribution in [3.8, 4) is 0 Å². The van der Waals surface area contributed by atoms with Gasteiger partial charge in [0.25, 0.3) is 0 Å². The molecule has 0 saturated heterocycles. The summed E-state index contributed by atoms with van der Waals surface area (Å²) in [5.74, 6) is 0.321. The molecule has 2 saturated carbocycles. The van der Waals surface area contributed by atoms with Crippen molar-refractivity contribution >= 4 is 21.7 Å². The van der Waals surface area contributed by atoms with Gasteiger partial charge in [-0.15, -0.1) is 0 Å². The summed E-state index contributed by atoms with van der Waals surface area (Å²) in [4.78, 5) is 12.8. The Morgan fingerprint density at radius 1 is 1.26 bits per heavy atom. The lowest BCUT2D eigenvalue weighted by molar-refractivity contribution is 0.00158. The van der Waals surface area contributed by atoms with Crippen LogP contribution in [0.15, 0.2) is 22.7 Å². The van der Waals surface area contributed by atoms with Crippen LogP contribution in [0.3, 0.4) is 0 Å². The van der Waals surface area contributed by atoms with Gasteiger partial charge >= 0.3 is 0 Å². The molecule has 0 bridgehead atoms. The number of fused-ring (bicyclic) bond motifs is 1. The van der Waals surface area contributed by atoms with Crippen LogP contribution in [0.5, 0.6) is 0 Å². The number of aliphatic hydroxyl groups excluding tert-OH is 1. The zero-order chi connectivity index (χ0) is 13.3. The molecule has 3 aliphatic carbocycles. The van der Waals surface area contributed by atoms with Gasteiger partial charge in [0, 0.05) is 15.5 Å². The molecule has 3 aliphatic rings. The number of carbonyl (C=O) groups excluding carboxylic acids is 1. The fourth-order valence-corrected chi connectivity index (χ4v) is 4.62. The van der Waals surface area contributed by atoms with Crippen molar-refractivity contribution in [1.82, 2.24) is 0 Å². The number of hydrogen-bond acceptors (Lipinski definition) is 2. The Hall–Kier alpha value is -0.670. The van der Waals surface area contributed by atoms with Gasteiger partial charge in [-0.3, -0.25) is 4.79 Å². The Bertz CT molecular complexity index is 576. The zero-order valence-electron chi connectivity index (χ0n) is 10.8. The van der Waals surface area contributed by atoms with Crippen LogP contribution in [-0.4, -0.2) is 17.0 Å². The third-order valence-corrected chi connectivity index (χ3v) is 6.01. The number of hydrogen-bond donors (Lipinski definition) is 1. The first-order valence-corrected chi connectivity index (χ1v) is 7.85. The van der Waals surface area contributed by atoms with Crippen LogP contribution in [0.1, 0.15) is 48.0 Å². The molecule has 2 nitrogen and oxygen atoms in total. The first-order valence-electron chi connectivity index (χ1n) is 7.06. The maximum Gasteiger partial charge on any atom is 0.169 e. The van der Waals surface area contributed by atoms with Crippen molar-refractivity contribution in [1.29, 1.82) is 0 Å². The van der Waals surface area contributed by atoms with Crippen molar-refractivity contribution in [2.45, 2.75) is 44.6 Å². The average Bonchev–Trinajstić information content (AvgIpc) is 3.11. The number of carbonyl (C=O) groups is 1. The van der Waals surface area contributed by atoms with Crippen LogP contribution < -0.4 is 0 Å². The third kappa shape index (κ3) is 1.61. The molecule has 3 heteroatoms. The molecule has 0 aliphatic heterocycles. The summed E-state index contributed by atoms with van der Waals surface area (Å²) < 4.78 is 0.980. The Balaban J connectivity index is 1.73. The van der Waals surface area contributed by atoms with E-state index in [9.17, 15) is 9.90 Å². The van der Waals surface area contributed by atoms with Crippen LogP contribution in [0, 0.1) is 10.8 Å². The maximum absolute atomic E-state index is 12.8. The van der Waals surface area contributed by atoms with Crippen molar-refractivity contribution in [2.75, 3.05) is 0 Å². The summed E-state index contributed by atoms with van der Waals surface area (Å²) in [6.07, 6.45) is 5.44. The van der Waals surface area contributed by atoms with Crippen molar-refractivity contribution in [3.63, 3.8) is 0 Å². The molecular weight excluding hydrogens is 304 g/mol. The fraction of sp³-hybridized carbons (Fsp3) is 0.562. The van der Waals surface area contributed by atoms with Crippen LogP contribution in [0.25, 0.3) is 0 Å². The molecule has 1 aromatic rings. The smallest absolute Gasteiger partial charge is 0.169 e. The van der Waals surface area contributed by atoms with E-state index in [1.807, 2.05) is 12.1 Å². The highest BCUT2D eigenvalue weighted by Gasteiger charge is 2.60. The van der Waals surface area contributed by atoms with Gasteiger partial charge in [0.15, 0.2) is 5.78 Å². The molecule has 1 aromatic carbocycles. The second-order valence-electron chi connectivity index (χ2n) is 6.68. The highest BCUT2D eigenvalue weighted by atomic mass is 79.9. The zero-order valence-corrected chi connectivity index (χ0v) is 12.4. The van der Waals surface area contributed by atoms with Gasteiger partial charge in [0.1, 0.15) is 0 Å². The largest absolute Gasteiger partial charge is 0.393 e. The van der Waals surface area contributed by atoms with Gasteiger partial charge in [-0.05, 0) is 61.6 Å². The van der Waals surface area contributed by atoms with E-state index in [1.54, 1.807) is 0 Å². The quantitative estimate of drug-likeness (QED) is 0.794. The second-order valence-corrected chi connectivity index (χ2v) is 7.60. The predicted octanol–water partition coefficient (Wildman–Crippen LogP) is 3.50. The Morgan fingerprint density at radius 2 is 2.05 bits per heavy atom. The molecule has 19 heavy (non-hydrogen) atoms. The van der Waals surface area contributed by atoms with Crippen LogP contribution in [0.4, 0.5) is 0 Å². The van der Waals surface area contributed by atoms with Crippen LogP contribution >= 0.6 is 15.9 Å². The van der Waals surface area contributed by atoms with Crippen molar-refractivity contribution in [2.24, 2.45) is 10.8 Å². The molecule has 0 heterocycles. The van der Waals surface area contributed by atoms with E-state index in [0.29, 0.717) is 5.78 Å². The van der Waals surface area contributed by atoms with E-state index >= 15 is 0 Å². The van der Waals surface area contributed by atoms with Crippen molar-refractivity contribution < 1.29 is 9.90 Å². The van der Waals surface area contributed by atoms with Gasteiger partial charge < -0.3 is 5.11 Å². The minimum atomic E-state index is -0.209. The summed E-state index contributed by atoms with van der Waals surface area (Å²) >= 11 is 3.46. The van der Waals surface area contributed by atoms with E-state index in [4.69, 9.17) is 0 Å². The Kier molecular flexibility index (Phi) is 2.36. The molecule has 2 atom stereocenters. The fourth-order valence-electron chi connectivity index (χ4n) is 4.26. The molecule has 0 unspecified atom stereocenters. The highest BCUT2D eigenvalue weighted by Crippen LogP contribution is 2.63. The Morgan fingerprint density at radius 3 is 2.79 bits per heavy atom. The van der Waals surface area contributed by atoms with Crippen molar-refractivity contribution in [3.05, 3.63) is 33.8 Å². The summed E-state index contributed by atoms with van der Waals surface area (Å²) in [6.45, 7) is 0. The number of aliphatic hydroxyl groups is 1. The lowest BCUT2D eigenvalue weighted by Gasteiger charge is -2.40. The SMILES string of the molecule is O=C1c2cc(Br)ccc2C[C@]12CC[C@@H](O)C1(CC1)C2. The standard InChI is InChI=1S/C16H17BrO2/c17-11-2-1-10-8-16(14(19)12(10)7-11)4-3-13(18)15(9-16)5-6-15/h1-2,7,13,18H,3-6,8-9H2/t13-,16+/m1/s1. The summed E-state index contributed by atoms with van der Waals surface area (Å²) in [5, 5.41) is 10.2. The van der Waals surface area contributed by atoms with E-state index < -0.39 is 0 Å². The molecule has 0 amide bonds. The number of benzene rings is 1. The van der Waals surface area contributed by atoms with Crippen LogP contribution in [-0.2, 0) is 6.42 Å². The second kappa shape index (κ2) is 3.70. The molecule has 1 N–H and O–H groups in total. The summed E-state index contributed by atoms with van der Waals surface area (Å²) in [5.41, 5.74) is 1.97. The molecule has 4 rings (SSSR count).